The standard InChI is InChI=1S/C12H22N4O2/c1-17-5-2-4-13-7-12-9-16(15-14-12)8-11-3-6-18-10-11/h9,11,13H,2-8,10H2,1H3/t11-/m0/s1. The van der Waals surface area contributed by atoms with Crippen LogP contribution in [0, 0.1) is 5.92 Å². The van der Waals surface area contributed by atoms with E-state index in [4.69, 9.17) is 9.47 Å². The third-order valence-electron chi connectivity index (χ3n) is 3.06. The Bertz CT molecular complexity index is 337. The second kappa shape index (κ2) is 7.45. The Labute approximate surface area is 108 Å². The fraction of sp³-hybridized carbons (Fsp3) is 0.833. The van der Waals surface area contributed by atoms with Gasteiger partial charge in [-0.2, -0.15) is 0 Å². The van der Waals surface area contributed by atoms with E-state index in [-0.39, 0.29) is 0 Å². The van der Waals surface area contributed by atoms with Crippen molar-refractivity contribution in [3.63, 3.8) is 0 Å². The molecule has 0 unspecified atom stereocenters. The SMILES string of the molecule is COCCCNCc1cn(C[C@@H]2CCOC2)nn1. The van der Waals surface area contributed by atoms with Crippen molar-refractivity contribution in [2.24, 2.45) is 5.92 Å². The first kappa shape index (κ1) is 13.5. The molecular weight excluding hydrogens is 232 g/mol. The van der Waals surface area contributed by atoms with Crippen LogP contribution in [0.4, 0.5) is 0 Å². The molecule has 1 atom stereocenters. The molecule has 0 amide bonds. The molecule has 1 aliphatic heterocycles. The van der Waals surface area contributed by atoms with Gasteiger partial charge in [-0.1, -0.05) is 5.21 Å². The van der Waals surface area contributed by atoms with Gasteiger partial charge in [0.05, 0.1) is 12.3 Å². The van der Waals surface area contributed by atoms with Crippen molar-refractivity contribution in [2.45, 2.75) is 25.9 Å². The summed E-state index contributed by atoms with van der Waals surface area (Å²) in [5.41, 5.74) is 0.992. The highest BCUT2D eigenvalue weighted by Crippen LogP contribution is 2.14. The van der Waals surface area contributed by atoms with Crippen LogP contribution in [0.2, 0.25) is 0 Å². The molecule has 0 saturated carbocycles. The van der Waals surface area contributed by atoms with Crippen LogP contribution in [0.5, 0.6) is 0 Å². The minimum atomic E-state index is 0.592. The fourth-order valence-electron chi connectivity index (χ4n) is 2.06. The molecule has 18 heavy (non-hydrogen) atoms. The van der Waals surface area contributed by atoms with Gasteiger partial charge in [0.1, 0.15) is 0 Å². The lowest BCUT2D eigenvalue weighted by molar-refractivity contribution is 0.181. The number of ether oxygens (including phenoxy) is 2. The van der Waals surface area contributed by atoms with E-state index in [1.165, 1.54) is 0 Å². The normalized spacial score (nSPS) is 19.5. The van der Waals surface area contributed by atoms with E-state index < -0.39 is 0 Å². The van der Waals surface area contributed by atoms with Gasteiger partial charge in [0, 0.05) is 45.5 Å². The van der Waals surface area contributed by atoms with Crippen LogP contribution in [-0.2, 0) is 22.6 Å². The van der Waals surface area contributed by atoms with Gasteiger partial charge in [0.15, 0.2) is 0 Å². The Morgan fingerprint density at radius 3 is 3.33 bits per heavy atom. The maximum Gasteiger partial charge on any atom is 0.0964 e. The predicted molar refractivity (Wildman–Crippen MR) is 67.1 cm³/mol. The molecule has 0 bridgehead atoms. The summed E-state index contributed by atoms with van der Waals surface area (Å²) in [5, 5.41) is 11.6. The van der Waals surface area contributed by atoms with Crippen molar-refractivity contribution in [3.05, 3.63) is 11.9 Å². The zero-order valence-corrected chi connectivity index (χ0v) is 11.0. The highest BCUT2D eigenvalue weighted by atomic mass is 16.5. The zero-order valence-electron chi connectivity index (χ0n) is 11.0. The monoisotopic (exact) mass is 254 g/mol. The predicted octanol–water partition coefficient (Wildman–Crippen LogP) is 0.441. The van der Waals surface area contributed by atoms with E-state index >= 15 is 0 Å². The van der Waals surface area contributed by atoms with Crippen LogP contribution in [0.3, 0.4) is 0 Å². The summed E-state index contributed by atoms with van der Waals surface area (Å²) in [6.07, 6.45) is 4.16. The molecule has 1 aliphatic rings. The Morgan fingerprint density at radius 1 is 1.61 bits per heavy atom. The molecule has 2 rings (SSSR count). The van der Waals surface area contributed by atoms with E-state index in [9.17, 15) is 0 Å². The van der Waals surface area contributed by atoms with Crippen LogP contribution in [0.1, 0.15) is 18.5 Å². The minimum absolute atomic E-state index is 0.592. The summed E-state index contributed by atoms with van der Waals surface area (Å²) >= 11 is 0. The van der Waals surface area contributed by atoms with E-state index in [0.717, 1.165) is 58.0 Å². The van der Waals surface area contributed by atoms with Crippen molar-refractivity contribution < 1.29 is 9.47 Å². The van der Waals surface area contributed by atoms with Crippen molar-refractivity contribution >= 4 is 0 Å². The number of hydrogen-bond acceptors (Lipinski definition) is 5. The third kappa shape index (κ3) is 4.36. The lowest BCUT2D eigenvalue weighted by atomic mass is 10.1. The Hall–Kier alpha value is -0.980. The van der Waals surface area contributed by atoms with E-state index in [2.05, 4.69) is 15.6 Å². The van der Waals surface area contributed by atoms with Gasteiger partial charge in [-0.05, 0) is 19.4 Å². The summed E-state index contributed by atoms with van der Waals surface area (Å²) in [7, 11) is 1.72. The Balaban J connectivity index is 1.65. The average molecular weight is 254 g/mol. The fourth-order valence-corrected chi connectivity index (χ4v) is 2.06. The first-order valence-electron chi connectivity index (χ1n) is 6.55. The van der Waals surface area contributed by atoms with Crippen LogP contribution in [-0.4, -0.2) is 48.5 Å². The molecule has 1 aromatic heterocycles. The van der Waals surface area contributed by atoms with Crippen LogP contribution >= 0.6 is 0 Å². The number of hydrogen-bond donors (Lipinski definition) is 1. The Kier molecular flexibility index (Phi) is 5.57. The molecule has 6 nitrogen and oxygen atoms in total. The topological polar surface area (TPSA) is 61.2 Å². The summed E-state index contributed by atoms with van der Waals surface area (Å²) in [6.45, 7) is 5.15. The van der Waals surface area contributed by atoms with Crippen molar-refractivity contribution in [1.29, 1.82) is 0 Å². The molecule has 1 fully saturated rings. The summed E-state index contributed by atoms with van der Waals surface area (Å²) < 4.78 is 12.3. The van der Waals surface area contributed by atoms with E-state index in [1.54, 1.807) is 7.11 Å². The highest BCUT2D eigenvalue weighted by molar-refractivity contribution is 4.91. The first-order chi connectivity index (χ1) is 8.88. The van der Waals surface area contributed by atoms with Crippen molar-refractivity contribution in [2.75, 3.05) is 33.5 Å². The van der Waals surface area contributed by atoms with Gasteiger partial charge in [0.2, 0.25) is 0 Å². The zero-order chi connectivity index (χ0) is 12.6. The molecule has 0 spiro atoms. The molecule has 1 aromatic rings. The molecule has 102 valence electrons. The average Bonchev–Trinajstić information content (AvgIpc) is 3.02. The smallest absolute Gasteiger partial charge is 0.0964 e. The largest absolute Gasteiger partial charge is 0.385 e. The quantitative estimate of drug-likeness (QED) is 0.682. The van der Waals surface area contributed by atoms with Gasteiger partial charge in [-0.25, -0.2) is 0 Å². The maximum absolute atomic E-state index is 5.35. The molecule has 0 aliphatic carbocycles. The van der Waals surface area contributed by atoms with E-state index in [0.29, 0.717) is 5.92 Å². The van der Waals surface area contributed by atoms with Crippen LogP contribution in [0.15, 0.2) is 6.20 Å². The number of nitrogens with zero attached hydrogens (tertiary/aromatic N) is 3. The second-order valence-corrected chi connectivity index (χ2v) is 4.68. The van der Waals surface area contributed by atoms with Crippen molar-refractivity contribution in [1.82, 2.24) is 20.3 Å². The minimum Gasteiger partial charge on any atom is -0.385 e. The lowest BCUT2D eigenvalue weighted by Crippen LogP contribution is -2.16. The van der Waals surface area contributed by atoms with E-state index in [1.807, 2.05) is 10.9 Å². The lowest BCUT2D eigenvalue weighted by Gasteiger charge is -2.05. The molecule has 2 heterocycles. The number of methoxy groups -OCH3 is 1. The summed E-state index contributed by atoms with van der Waals surface area (Å²) in [6, 6.07) is 0. The molecular formula is C12H22N4O2. The molecule has 1 N–H and O–H groups in total. The molecule has 0 radical (unpaired) electrons. The van der Waals surface area contributed by atoms with Crippen LogP contribution < -0.4 is 5.32 Å². The van der Waals surface area contributed by atoms with Gasteiger partial charge in [-0.15, -0.1) is 5.10 Å². The van der Waals surface area contributed by atoms with Gasteiger partial charge in [-0.3, -0.25) is 4.68 Å². The first-order valence-corrected chi connectivity index (χ1v) is 6.55. The third-order valence-corrected chi connectivity index (χ3v) is 3.06. The number of aromatic nitrogens is 3. The van der Waals surface area contributed by atoms with Gasteiger partial charge >= 0.3 is 0 Å². The molecule has 6 heteroatoms. The summed E-state index contributed by atoms with van der Waals surface area (Å²) in [4.78, 5) is 0. The number of rotatable bonds is 8. The van der Waals surface area contributed by atoms with Crippen molar-refractivity contribution in [3.8, 4) is 0 Å². The molecule has 1 saturated heterocycles. The Morgan fingerprint density at radius 2 is 2.56 bits per heavy atom. The second-order valence-electron chi connectivity index (χ2n) is 4.68. The molecule has 0 aromatic carbocycles. The highest BCUT2D eigenvalue weighted by Gasteiger charge is 2.16. The van der Waals surface area contributed by atoms with Crippen LogP contribution in [0.25, 0.3) is 0 Å². The maximum atomic E-state index is 5.35. The summed E-state index contributed by atoms with van der Waals surface area (Å²) in [5.74, 6) is 0.592. The van der Waals surface area contributed by atoms with Gasteiger partial charge in [0.25, 0.3) is 0 Å². The number of nitrogens with one attached hydrogen (secondary N) is 1. The van der Waals surface area contributed by atoms with Gasteiger partial charge < -0.3 is 14.8 Å².